The third-order valence-electron chi connectivity index (χ3n) is 6.67. The van der Waals surface area contributed by atoms with E-state index in [1.807, 2.05) is 29.2 Å². The average molecular weight is 453 g/mol. The van der Waals surface area contributed by atoms with Crippen LogP contribution in [0.3, 0.4) is 0 Å². The molecular weight excluding hydrogens is 420 g/mol. The fraction of sp³-hybridized carbons (Fsp3) is 0.480. The second-order valence-corrected chi connectivity index (χ2v) is 8.88. The molecule has 176 valence electrons. The fourth-order valence-electron chi connectivity index (χ4n) is 4.79. The van der Waals surface area contributed by atoms with E-state index in [4.69, 9.17) is 4.74 Å². The molecule has 1 heterocycles. The first kappa shape index (κ1) is 23.2. The molecule has 1 saturated carbocycles. The highest BCUT2D eigenvalue weighted by atomic mass is 16.6. The Morgan fingerprint density at radius 3 is 2.61 bits per heavy atom. The molecule has 0 spiro atoms. The Kier molecular flexibility index (Phi) is 7.57. The third-order valence-corrected chi connectivity index (χ3v) is 6.67. The number of nitro groups is 1. The first-order valence-electron chi connectivity index (χ1n) is 11.7. The molecule has 1 aliphatic carbocycles. The minimum Gasteiger partial charge on any atom is -0.378 e. The average Bonchev–Trinajstić information content (AvgIpc) is 2.85. The van der Waals surface area contributed by atoms with Crippen LogP contribution in [0.15, 0.2) is 42.5 Å². The lowest BCUT2D eigenvalue weighted by molar-refractivity contribution is -0.384. The maximum atomic E-state index is 13.4. The van der Waals surface area contributed by atoms with Gasteiger partial charge in [-0.3, -0.25) is 19.8 Å². The minimum absolute atomic E-state index is 0.0949. The summed E-state index contributed by atoms with van der Waals surface area (Å²) in [7, 11) is 2.14. The number of hydrogen-bond acceptors (Lipinski definition) is 6. The summed E-state index contributed by atoms with van der Waals surface area (Å²) in [6.45, 7) is 3.15. The van der Waals surface area contributed by atoms with Gasteiger partial charge in [0.25, 0.3) is 11.6 Å². The van der Waals surface area contributed by atoms with Gasteiger partial charge in [0, 0.05) is 43.5 Å². The zero-order chi connectivity index (χ0) is 23.2. The summed E-state index contributed by atoms with van der Waals surface area (Å²) in [5.41, 5.74) is 2.68. The summed E-state index contributed by atoms with van der Waals surface area (Å²) in [4.78, 5) is 28.7. The van der Waals surface area contributed by atoms with Crippen LogP contribution in [0.25, 0.3) is 0 Å². The van der Waals surface area contributed by atoms with Crippen LogP contribution >= 0.6 is 0 Å². The molecule has 0 bridgehead atoms. The number of nitrogens with one attached hydrogen (secondary N) is 1. The number of non-ortho nitro benzene ring substituents is 1. The highest BCUT2D eigenvalue weighted by Crippen LogP contribution is 2.29. The van der Waals surface area contributed by atoms with Crippen molar-refractivity contribution in [2.24, 2.45) is 0 Å². The van der Waals surface area contributed by atoms with E-state index in [0.717, 1.165) is 17.8 Å². The molecule has 0 aromatic heterocycles. The lowest BCUT2D eigenvalue weighted by atomic mass is 9.94. The number of anilines is 2. The molecule has 2 fully saturated rings. The molecule has 8 heteroatoms. The molecule has 1 N–H and O–H groups in total. The van der Waals surface area contributed by atoms with Gasteiger partial charge in [-0.15, -0.1) is 0 Å². The molecule has 33 heavy (non-hydrogen) atoms. The summed E-state index contributed by atoms with van der Waals surface area (Å²) in [5, 5.41) is 14.4. The number of hydrogen-bond donors (Lipinski definition) is 1. The molecule has 1 aliphatic heterocycles. The summed E-state index contributed by atoms with van der Waals surface area (Å²) in [5.74, 6) is -0.340. The largest absolute Gasteiger partial charge is 0.378 e. The van der Waals surface area contributed by atoms with Crippen LogP contribution in [-0.2, 0) is 11.3 Å². The van der Waals surface area contributed by atoms with Crippen molar-refractivity contribution in [2.45, 2.75) is 44.7 Å². The topological polar surface area (TPSA) is 88.0 Å². The van der Waals surface area contributed by atoms with E-state index in [-0.39, 0.29) is 11.6 Å². The van der Waals surface area contributed by atoms with Crippen LogP contribution in [0, 0.1) is 10.1 Å². The Morgan fingerprint density at radius 1 is 1.15 bits per heavy atom. The normalized spacial score (nSPS) is 17.2. The number of para-hydroxylation sites is 1. The highest BCUT2D eigenvalue weighted by Gasteiger charge is 2.23. The van der Waals surface area contributed by atoms with Crippen LogP contribution in [-0.4, -0.2) is 55.1 Å². The Labute approximate surface area is 194 Å². The third kappa shape index (κ3) is 5.69. The van der Waals surface area contributed by atoms with E-state index in [9.17, 15) is 14.9 Å². The highest BCUT2D eigenvalue weighted by molar-refractivity contribution is 6.09. The number of nitrogens with zero attached hydrogens (tertiary/aromatic N) is 3. The molecule has 1 amide bonds. The van der Waals surface area contributed by atoms with Crippen molar-refractivity contribution in [3.63, 3.8) is 0 Å². The van der Waals surface area contributed by atoms with Gasteiger partial charge in [0.2, 0.25) is 0 Å². The number of amides is 1. The van der Waals surface area contributed by atoms with Gasteiger partial charge in [0.05, 0.1) is 29.4 Å². The lowest BCUT2D eigenvalue weighted by Crippen LogP contribution is -2.37. The first-order valence-corrected chi connectivity index (χ1v) is 11.7. The van der Waals surface area contributed by atoms with Crippen molar-refractivity contribution in [1.29, 1.82) is 0 Å². The zero-order valence-corrected chi connectivity index (χ0v) is 19.2. The summed E-state index contributed by atoms with van der Waals surface area (Å²) in [6, 6.07) is 12.9. The van der Waals surface area contributed by atoms with Gasteiger partial charge in [-0.1, -0.05) is 37.5 Å². The van der Waals surface area contributed by atoms with Crippen LogP contribution < -0.4 is 10.2 Å². The number of carbonyl (C=O) groups is 1. The van der Waals surface area contributed by atoms with Gasteiger partial charge in [-0.05, 0) is 37.6 Å². The van der Waals surface area contributed by atoms with Crippen molar-refractivity contribution in [1.82, 2.24) is 4.90 Å². The maximum absolute atomic E-state index is 13.4. The van der Waals surface area contributed by atoms with E-state index in [1.54, 1.807) is 6.07 Å². The van der Waals surface area contributed by atoms with Gasteiger partial charge < -0.3 is 15.0 Å². The molecular formula is C25H32N4O4. The number of rotatable bonds is 7. The second-order valence-electron chi connectivity index (χ2n) is 8.88. The standard InChI is InChI=1S/C25H32N4O4/c1-27(20-8-3-2-4-9-20)18-19-7-5-6-10-23(19)26-25(30)22-17-21(29(31)32)11-12-24(22)28-13-15-33-16-14-28/h5-7,10-12,17,20H,2-4,8-9,13-16,18H2,1H3,(H,26,30). The lowest BCUT2D eigenvalue weighted by Gasteiger charge is -2.32. The SMILES string of the molecule is CN(Cc1ccccc1NC(=O)c1cc([N+](=O)[O-])ccc1N1CCOCC1)C1CCCCC1. The Balaban J connectivity index is 1.56. The first-order chi connectivity index (χ1) is 16.0. The molecule has 0 unspecified atom stereocenters. The Hall–Kier alpha value is -2.97. The fourth-order valence-corrected chi connectivity index (χ4v) is 4.79. The summed E-state index contributed by atoms with van der Waals surface area (Å²) >= 11 is 0. The zero-order valence-electron chi connectivity index (χ0n) is 19.2. The number of carbonyl (C=O) groups excluding carboxylic acids is 1. The summed E-state index contributed by atoms with van der Waals surface area (Å²) in [6.07, 6.45) is 6.27. The summed E-state index contributed by atoms with van der Waals surface area (Å²) < 4.78 is 5.43. The van der Waals surface area contributed by atoms with Crippen LogP contribution in [0.4, 0.5) is 17.1 Å². The number of nitro benzene ring substituents is 1. The Bertz CT molecular complexity index is 984. The molecule has 2 aromatic carbocycles. The van der Waals surface area contributed by atoms with Crippen molar-refractivity contribution >= 4 is 23.0 Å². The van der Waals surface area contributed by atoms with Gasteiger partial charge in [0.15, 0.2) is 0 Å². The van der Waals surface area contributed by atoms with Crippen molar-refractivity contribution in [3.8, 4) is 0 Å². The molecule has 1 saturated heterocycles. The number of ether oxygens (including phenoxy) is 1. The van der Waals surface area contributed by atoms with Crippen molar-refractivity contribution in [2.75, 3.05) is 43.6 Å². The number of benzene rings is 2. The van der Waals surface area contributed by atoms with Crippen molar-refractivity contribution in [3.05, 3.63) is 63.7 Å². The number of morpholine rings is 1. The Morgan fingerprint density at radius 2 is 1.88 bits per heavy atom. The maximum Gasteiger partial charge on any atom is 0.270 e. The predicted octanol–water partition coefficient (Wildman–Crippen LogP) is 4.45. The molecule has 2 aliphatic rings. The molecule has 0 radical (unpaired) electrons. The van der Waals surface area contributed by atoms with E-state index >= 15 is 0 Å². The van der Waals surface area contributed by atoms with Crippen LogP contribution in [0.5, 0.6) is 0 Å². The van der Waals surface area contributed by atoms with Crippen LogP contribution in [0.1, 0.15) is 48.0 Å². The minimum atomic E-state index is -0.465. The van der Waals surface area contributed by atoms with E-state index in [1.165, 1.54) is 44.2 Å². The van der Waals surface area contributed by atoms with Gasteiger partial charge in [-0.25, -0.2) is 0 Å². The smallest absolute Gasteiger partial charge is 0.270 e. The molecule has 8 nitrogen and oxygen atoms in total. The van der Waals surface area contributed by atoms with E-state index < -0.39 is 4.92 Å². The van der Waals surface area contributed by atoms with E-state index in [2.05, 4.69) is 17.3 Å². The second kappa shape index (κ2) is 10.8. The monoisotopic (exact) mass is 452 g/mol. The molecule has 2 aromatic rings. The molecule has 0 atom stereocenters. The van der Waals surface area contributed by atoms with Gasteiger partial charge in [0.1, 0.15) is 0 Å². The predicted molar refractivity (Wildman–Crippen MR) is 129 cm³/mol. The van der Waals surface area contributed by atoms with Gasteiger partial charge >= 0.3 is 0 Å². The quantitative estimate of drug-likeness (QED) is 0.493. The van der Waals surface area contributed by atoms with Gasteiger partial charge in [-0.2, -0.15) is 0 Å². The van der Waals surface area contributed by atoms with E-state index in [0.29, 0.717) is 43.6 Å². The van der Waals surface area contributed by atoms with Crippen LogP contribution in [0.2, 0.25) is 0 Å². The molecule has 4 rings (SSSR count). The van der Waals surface area contributed by atoms with Crippen molar-refractivity contribution < 1.29 is 14.5 Å².